The second-order valence-corrected chi connectivity index (χ2v) is 10.8. The summed E-state index contributed by atoms with van der Waals surface area (Å²) in [7, 11) is 0. The van der Waals surface area contributed by atoms with Crippen LogP contribution in [0.2, 0.25) is 0 Å². The van der Waals surface area contributed by atoms with Crippen LogP contribution in [0.1, 0.15) is 83.1 Å². The molecule has 0 aromatic carbocycles. The number of hydrogen-bond acceptors (Lipinski definition) is 6. The van der Waals surface area contributed by atoms with Crippen LogP contribution in [-0.2, 0) is 0 Å². The summed E-state index contributed by atoms with van der Waals surface area (Å²) in [6.07, 6.45) is 18.4. The van der Waals surface area contributed by atoms with E-state index in [9.17, 15) is 0 Å². The zero-order valence-corrected chi connectivity index (χ0v) is 27.4. The quantitative estimate of drug-likeness (QED) is 0.217. The summed E-state index contributed by atoms with van der Waals surface area (Å²) >= 11 is 0. The van der Waals surface area contributed by atoms with E-state index >= 15 is 0 Å². The molecule has 0 atom stereocenters. The third-order valence-corrected chi connectivity index (χ3v) is 2.09. The van der Waals surface area contributed by atoms with Gasteiger partial charge in [-0.05, 0) is 54.0 Å². The minimum absolute atomic E-state index is 0.833. The van der Waals surface area contributed by atoms with E-state index in [4.69, 9.17) is 0 Å². The van der Waals surface area contributed by atoms with Gasteiger partial charge in [0, 0.05) is 62.0 Å². The molecule has 4 rings (SSSR count). The Morgan fingerprint density at radius 1 is 0.250 bits per heavy atom. The van der Waals surface area contributed by atoms with Crippen molar-refractivity contribution in [2.45, 2.75) is 83.1 Å². The summed E-state index contributed by atoms with van der Waals surface area (Å²) < 4.78 is 0. The van der Waals surface area contributed by atoms with Crippen LogP contribution in [-0.4, -0.2) is 29.9 Å². The fraction of sp³-hybridized carbons (Fsp3) is 0.471. The molecule has 0 fully saturated rings. The highest BCUT2D eigenvalue weighted by atomic mass is 14.8. The molecular formula is C34H58N6. The summed E-state index contributed by atoms with van der Waals surface area (Å²) in [5.41, 5.74) is 0. The van der Waals surface area contributed by atoms with Gasteiger partial charge in [-0.2, -0.15) is 0 Å². The average molecular weight is 551 g/mol. The second-order valence-electron chi connectivity index (χ2n) is 10.8. The lowest BCUT2D eigenvalue weighted by molar-refractivity contribution is 0.736. The molecule has 4 aromatic rings. The van der Waals surface area contributed by atoms with Gasteiger partial charge in [-0.15, -0.1) is 0 Å². The van der Waals surface area contributed by atoms with Gasteiger partial charge in [0.05, 0.1) is 0 Å². The Morgan fingerprint density at radius 2 is 0.450 bits per heavy atom. The Labute approximate surface area is 247 Å². The number of nitrogens with zero attached hydrogens (tertiary/aromatic N) is 6. The molecular weight excluding hydrogens is 492 g/mol. The first-order valence-electron chi connectivity index (χ1n) is 14.0. The summed E-state index contributed by atoms with van der Waals surface area (Å²) in [5.74, 6) is 3.33. The molecule has 6 nitrogen and oxygen atoms in total. The van der Waals surface area contributed by atoms with E-state index in [1.54, 1.807) is 68.0 Å². The molecule has 6 heteroatoms. The van der Waals surface area contributed by atoms with Crippen LogP contribution in [0.25, 0.3) is 0 Å². The Kier molecular flexibility index (Phi) is 43.5. The number of aromatic nitrogens is 6. The van der Waals surface area contributed by atoms with E-state index in [-0.39, 0.29) is 0 Å². The van der Waals surface area contributed by atoms with Crippen molar-refractivity contribution in [2.24, 2.45) is 23.7 Å². The molecule has 0 aliphatic heterocycles. The topological polar surface area (TPSA) is 77.3 Å². The first-order chi connectivity index (χ1) is 18.9. The van der Waals surface area contributed by atoms with Crippen LogP contribution >= 0.6 is 0 Å². The van der Waals surface area contributed by atoms with Gasteiger partial charge in [0.2, 0.25) is 0 Å². The van der Waals surface area contributed by atoms with E-state index in [1.807, 2.05) is 36.4 Å². The molecule has 0 aliphatic rings. The molecule has 224 valence electrons. The lowest BCUT2D eigenvalue weighted by atomic mass is 10.3. The van der Waals surface area contributed by atoms with Gasteiger partial charge < -0.3 is 0 Å². The molecule has 0 aliphatic carbocycles. The molecule has 0 N–H and O–H groups in total. The summed E-state index contributed by atoms with van der Waals surface area (Å²) in [6.45, 7) is 26.0. The Balaban J connectivity index is -0.000000187. The maximum Gasteiger partial charge on any atom is 0.115 e. The summed E-state index contributed by atoms with van der Waals surface area (Å²) in [5, 5.41) is 0. The van der Waals surface area contributed by atoms with Gasteiger partial charge >= 0.3 is 0 Å². The highest BCUT2D eigenvalue weighted by Crippen LogP contribution is 1.82. The molecule has 4 aromatic heterocycles. The van der Waals surface area contributed by atoms with Crippen LogP contribution in [0, 0.1) is 23.7 Å². The molecule has 40 heavy (non-hydrogen) atoms. The first kappa shape index (κ1) is 43.5. The lowest BCUT2D eigenvalue weighted by Crippen LogP contribution is -1.66. The molecule has 0 saturated heterocycles. The van der Waals surface area contributed by atoms with Gasteiger partial charge in [0.1, 0.15) is 6.33 Å². The van der Waals surface area contributed by atoms with Crippen LogP contribution in [0.4, 0.5) is 0 Å². The van der Waals surface area contributed by atoms with Crippen molar-refractivity contribution >= 4 is 0 Å². The maximum absolute atomic E-state index is 3.78. The van der Waals surface area contributed by atoms with Crippen LogP contribution in [0.15, 0.2) is 111 Å². The van der Waals surface area contributed by atoms with Crippen LogP contribution in [0.5, 0.6) is 0 Å². The second kappa shape index (κ2) is 40.0. The molecule has 0 unspecified atom stereocenters. The fourth-order valence-corrected chi connectivity index (χ4v) is 1.13. The summed E-state index contributed by atoms with van der Waals surface area (Å²) in [6, 6.07) is 13.2. The third-order valence-electron chi connectivity index (χ3n) is 2.09. The van der Waals surface area contributed by atoms with E-state index < -0.39 is 0 Å². The monoisotopic (exact) mass is 550 g/mol. The Morgan fingerprint density at radius 3 is 0.525 bits per heavy atom. The van der Waals surface area contributed by atoms with E-state index in [1.165, 1.54) is 6.33 Å². The summed E-state index contributed by atoms with van der Waals surface area (Å²) in [4.78, 5) is 22.4. The smallest absolute Gasteiger partial charge is 0.115 e. The Bertz CT molecular complexity index is 576. The standard InChI is InChI=1S/2C5H5N.2C4H4N2.4C4H10/c2*1-2-4-6-5-3-1;1-2-6-4-3-5-1;1-2-5-4-6-3-1;4*1-4(2)3/h2*1-5H;2*1-4H;4*4H,1-3H3. The largest absolute Gasteiger partial charge is 0.265 e. The van der Waals surface area contributed by atoms with Crippen LogP contribution < -0.4 is 0 Å². The van der Waals surface area contributed by atoms with Gasteiger partial charge in [-0.1, -0.05) is 95.2 Å². The molecule has 0 bridgehead atoms. The predicted molar refractivity (Wildman–Crippen MR) is 175 cm³/mol. The van der Waals surface area contributed by atoms with Gasteiger partial charge in [0.15, 0.2) is 0 Å². The van der Waals surface area contributed by atoms with Crippen molar-refractivity contribution in [3.05, 3.63) is 111 Å². The highest BCUT2D eigenvalue weighted by Gasteiger charge is 1.69. The van der Waals surface area contributed by atoms with Crippen LogP contribution in [0.3, 0.4) is 0 Å². The van der Waals surface area contributed by atoms with Crippen molar-refractivity contribution in [1.82, 2.24) is 29.9 Å². The first-order valence-corrected chi connectivity index (χ1v) is 14.0. The van der Waals surface area contributed by atoms with Gasteiger partial charge in [-0.3, -0.25) is 19.9 Å². The minimum atomic E-state index is 0.833. The fourth-order valence-electron chi connectivity index (χ4n) is 1.13. The SMILES string of the molecule is CC(C)C.CC(C)C.CC(C)C.CC(C)C.c1ccncc1.c1ccncc1.c1cnccn1.c1cncnc1. The number of rotatable bonds is 0. The van der Waals surface area contributed by atoms with Crippen molar-refractivity contribution in [2.75, 3.05) is 0 Å². The molecule has 0 amide bonds. The number of pyridine rings is 2. The van der Waals surface area contributed by atoms with Crippen molar-refractivity contribution in [3.8, 4) is 0 Å². The Hall–Kier alpha value is -3.54. The average Bonchev–Trinajstić information content (AvgIpc) is 2.93. The van der Waals surface area contributed by atoms with E-state index in [0.29, 0.717) is 0 Å². The van der Waals surface area contributed by atoms with Crippen molar-refractivity contribution in [1.29, 1.82) is 0 Å². The zero-order chi connectivity index (χ0) is 31.3. The molecule has 0 saturated carbocycles. The third kappa shape index (κ3) is 92.2. The van der Waals surface area contributed by atoms with E-state index in [2.05, 4.69) is 113 Å². The molecule has 4 heterocycles. The zero-order valence-electron chi connectivity index (χ0n) is 27.4. The lowest BCUT2D eigenvalue weighted by Gasteiger charge is -1.79. The molecule has 0 spiro atoms. The normalized spacial score (nSPS) is 8.40. The van der Waals surface area contributed by atoms with Crippen molar-refractivity contribution < 1.29 is 0 Å². The highest BCUT2D eigenvalue weighted by molar-refractivity contribution is 4.88. The van der Waals surface area contributed by atoms with Gasteiger partial charge in [-0.25, -0.2) is 9.97 Å². The minimum Gasteiger partial charge on any atom is -0.265 e. The van der Waals surface area contributed by atoms with Crippen molar-refractivity contribution in [3.63, 3.8) is 0 Å². The predicted octanol–water partition coefficient (Wildman–Crippen LogP) is 9.77. The maximum atomic E-state index is 3.78. The molecule has 0 radical (unpaired) electrons. The number of hydrogen-bond donors (Lipinski definition) is 0. The van der Waals surface area contributed by atoms with E-state index in [0.717, 1.165) is 23.7 Å². The van der Waals surface area contributed by atoms with Gasteiger partial charge in [0.25, 0.3) is 0 Å².